The summed E-state index contributed by atoms with van der Waals surface area (Å²) in [5.74, 6) is -0.298. The van der Waals surface area contributed by atoms with Gasteiger partial charge in [-0.25, -0.2) is 0 Å². The van der Waals surface area contributed by atoms with Crippen LogP contribution < -0.4 is 10.6 Å². The highest BCUT2D eigenvalue weighted by atomic mass is 19.4. The van der Waals surface area contributed by atoms with Crippen molar-refractivity contribution in [2.75, 3.05) is 26.7 Å². The largest absolute Gasteiger partial charge is 0.390 e. The zero-order valence-electron chi connectivity index (χ0n) is 9.97. The second-order valence-corrected chi connectivity index (χ2v) is 4.40. The lowest BCUT2D eigenvalue weighted by Crippen LogP contribution is -2.59. The maximum atomic E-state index is 12.0. The molecule has 0 saturated carbocycles. The molecule has 1 heterocycles. The molecule has 0 aromatic carbocycles. The number of nitrogens with one attached hydrogen (secondary N) is 2. The third-order valence-corrected chi connectivity index (χ3v) is 2.75. The minimum atomic E-state index is -4.22. The number of alkyl halides is 3. The first-order chi connectivity index (χ1) is 7.79. The molecule has 1 aliphatic heterocycles. The van der Waals surface area contributed by atoms with E-state index in [0.717, 1.165) is 4.90 Å². The van der Waals surface area contributed by atoms with Crippen LogP contribution in [0.15, 0.2) is 0 Å². The van der Waals surface area contributed by atoms with Crippen LogP contribution in [-0.4, -0.2) is 55.7 Å². The molecular weight excluding hydrogens is 235 g/mol. The zero-order valence-corrected chi connectivity index (χ0v) is 9.97. The van der Waals surface area contributed by atoms with Gasteiger partial charge in [0.2, 0.25) is 5.91 Å². The summed E-state index contributed by atoms with van der Waals surface area (Å²) in [4.78, 5) is 12.9. The average molecular weight is 253 g/mol. The quantitative estimate of drug-likeness (QED) is 0.762. The Labute approximate surface area is 98.5 Å². The van der Waals surface area contributed by atoms with Gasteiger partial charge in [0.15, 0.2) is 0 Å². The Hall–Kier alpha value is -0.820. The normalized spacial score (nSPS) is 25.7. The SMILES string of the molecule is CC1CNC(C(=O)N(C)CCC(F)(F)F)CN1. The number of piperazine rings is 1. The fraction of sp³-hybridized carbons (Fsp3) is 0.900. The number of carbonyl (C=O) groups excluding carboxylic acids is 1. The van der Waals surface area contributed by atoms with Gasteiger partial charge in [0.25, 0.3) is 0 Å². The summed E-state index contributed by atoms with van der Waals surface area (Å²) >= 11 is 0. The molecule has 7 heteroatoms. The molecule has 0 aliphatic carbocycles. The van der Waals surface area contributed by atoms with Crippen molar-refractivity contribution in [2.45, 2.75) is 31.6 Å². The molecule has 4 nitrogen and oxygen atoms in total. The first-order valence-electron chi connectivity index (χ1n) is 5.58. The van der Waals surface area contributed by atoms with E-state index in [1.165, 1.54) is 7.05 Å². The molecule has 0 bridgehead atoms. The number of amides is 1. The molecule has 1 amide bonds. The lowest BCUT2D eigenvalue weighted by molar-refractivity contribution is -0.145. The summed E-state index contributed by atoms with van der Waals surface area (Å²) < 4.78 is 36.0. The first-order valence-corrected chi connectivity index (χ1v) is 5.58. The first kappa shape index (κ1) is 14.2. The molecule has 2 N–H and O–H groups in total. The van der Waals surface area contributed by atoms with Crippen LogP contribution in [0, 0.1) is 0 Å². The van der Waals surface area contributed by atoms with E-state index in [2.05, 4.69) is 10.6 Å². The Kier molecular flexibility index (Phi) is 4.76. The van der Waals surface area contributed by atoms with Crippen molar-refractivity contribution >= 4 is 5.91 Å². The van der Waals surface area contributed by atoms with E-state index in [4.69, 9.17) is 0 Å². The Balaban J connectivity index is 2.36. The highest BCUT2D eigenvalue weighted by molar-refractivity contribution is 5.82. The van der Waals surface area contributed by atoms with Gasteiger partial charge in [-0.2, -0.15) is 13.2 Å². The number of carbonyl (C=O) groups is 1. The lowest BCUT2D eigenvalue weighted by atomic mass is 10.1. The molecule has 2 unspecified atom stereocenters. The van der Waals surface area contributed by atoms with Crippen molar-refractivity contribution < 1.29 is 18.0 Å². The zero-order chi connectivity index (χ0) is 13.1. The Morgan fingerprint density at radius 1 is 1.35 bits per heavy atom. The van der Waals surface area contributed by atoms with Gasteiger partial charge in [-0.05, 0) is 6.92 Å². The van der Waals surface area contributed by atoms with Crippen molar-refractivity contribution in [3.63, 3.8) is 0 Å². The molecule has 0 spiro atoms. The van der Waals surface area contributed by atoms with Crippen LogP contribution in [-0.2, 0) is 4.79 Å². The number of nitrogens with zero attached hydrogens (tertiary/aromatic N) is 1. The van der Waals surface area contributed by atoms with Gasteiger partial charge < -0.3 is 15.5 Å². The smallest absolute Gasteiger partial charge is 0.344 e. The van der Waals surface area contributed by atoms with Crippen molar-refractivity contribution in [3.8, 4) is 0 Å². The van der Waals surface area contributed by atoms with Crippen LogP contribution in [0.1, 0.15) is 13.3 Å². The minimum Gasteiger partial charge on any atom is -0.344 e. The van der Waals surface area contributed by atoms with Gasteiger partial charge in [-0.1, -0.05) is 0 Å². The number of likely N-dealkylation sites (N-methyl/N-ethyl adjacent to an activating group) is 1. The second-order valence-electron chi connectivity index (χ2n) is 4.40. The summed E-state index contributed by atoms with van der Waals surface area (Å²) in [5, 5.41) is 6.12. The van der Waals surface area contributed by atoms with Gasteiger partial charge in [0.05, 0.1) is 12.5 Å². The lowest BCUT2D eigenvalue weighted by Gasteiger charge is -2.31. The number of hydrogen-bond acceptors (Lipinski definition) is 3. The van der Waals surface area contributed by atoms with Crippen LogP contribution in [0.25, 0.3) is 0 Å². The highest BCUT2D eigenvalue weighted by Gasteiger charge is 2.30. The molecule has 17 heavy (non-hydrogen) atoms. The standard InChI is InChI=1S/C10H18F3N3O/c1-7-5-15-8(6-14-7)9(17)16(2)4-3-10(11,12)13/h7-8,14-15H,3-6H2,1-2H3. The van der Waals surface area contributed by atoms with Crippen molar-refractivity contribution in [1.82, 2.24) is 15.5 Å². The summed E-state index contributed by atoms with van der Waals surface area (Å²) in [6, 6.07) is -0.149. The molecule has 1 rings (SSSR count). The fourth-order valence-electron chi connectivity index (χ4n) is 1.63. The van der Waals surface area contributed by atoms with Crippen molar-refractivity contribution in [2.24, 2.45) is 0 Å². The maximum absolute atomic E-state index is 12.0. The van der Waals surface area contributed by atoms with E-state index in [1.807, 2.05) is 6.92 Å². The Morgan fingerprint density at radius 2 is 2.00 bits per heavy atom. The van der Waals surface area contributed by atoms with E-state index >= 15 is 0 Å². The molecular formula is C10H18F3N3O. The van der Waals surface area contributed by atoms with Crippen molar-refractivity contribution in [3.05, 3.63) is 0 Å². The number of rotatable bonds is 3. The summed E-state index contributed by atoms with van der Waals surface area (Å²) in [5.41, 5.74) is 0. The fourth-order valence-corrected chi connectivity index (χ4v) is 1.63. The predicted octanol–water partition coefficient (Wildman–Crippen LogP) is 0.347. The molecule has 2 atom stereocenters. The molecule has 100 valence electrons. The summed E-state index contributed by atoms with van der Waals surface area (Å²) in [6.07, 6.45) is -5.19. The maximum Gasteiger partial charge on any atom is 0.390 e. The van der Waals surface area contributed by atoms with Gasteiger partial charge in [0.1, 0.15) is 0 Å². The van der Waals surface area contributed by atoms with E-state index < -0.39 is 18.6 Å². The van der Waals surface area contributed by atoms with Crippen molar-refractivity contribution in [1.29, 1.82) is 0 Å². The van der Waals surface area contributed by atoms with E-state index in [1.54, 1.807) is 0 Å². The number of hydrogen-bond donors (Lipinski definition) is 2. The van der Waals surface area contributed by atoms with E-state index in [-0.39, 0.29) is 18.5 Å². The van der Waals surface area contributed by atoms with E-state index in [9.17, 15) is 18.0 Å². The topological polar surface area (TPSA) is 44.4 Å². The number of halogens is 3. The molecule has 1 fully saturated rings. The molecule has 1 saturated heterocycles. The Bertz CT molecular complexity index is 262. The molecule has 0 aromatic rings. The van der Waals surface area contributed by atoms with Gasteiger partial charge in [-0.15, -0.1) is 0 Å². The van der Waals surface area contributed by atoms with Gasteiger partial charge in [-0.3, -0.25) is 4.79 Å². The summed E-state index contributed by atoms with van der Waals surface area (Å²) in [7, 11) is 1.40. The van der Waals surface area contributed by atoms with Crippen LogP contribution in [0.2, 0.25) is 0 Å². The van der Waals surface area contributed by atoms with Crippen LogP contribution in [0.3, 0.4) is 0 Å². The molecule has 0 aromatic heterocycles. The third-order valence-electron chi connectivity index (χ3n) is 2.75. The van der Waals surface area contributed by atoms with Crippen LogP contribution in [0.4, 0.5) is 13.2 Å². The molecule has 1 aliphatic rings. The van der Waals surface area contributed by atoms with Gasteiger partial charge >= 0.3 is 6.18 Å². The minimum absolute atomic E-state index is 0.277. The van der Waals surface area contributed by atoms with Gasteiger partial charge in [0, 0.05) is 32.7 Å². The van der Waals surface area contributed by atoms with Crippen LogP contribution >= 0.6 is 0 Å². The Morgan fingerprint density at radius 3 is 2.47 bits per heavy atom. The monoisotopic (exact) mass is 253 g/mol. The third kappa shape index (κ3) is 4.91. The van der Waals surface area contributed by atoms with Crippen LogP contribution in [0.5, 0.6) is 0 Å². The van der Waals surface area contributed by atoms with E-state index in [0.29, 0.717) is 13.1 Å². The highest BCUT2D eigenvalue weighted by Crippen LogP contribution is 2.19. The molecule has 0 radical (unpaired) electrons. The predicted molar refractivity (Wildman–Crippen MR) is 57.6 cm³/mol. The summed E-state index contributed by atoms with van der Waals surface area (Å²) in [6.45, 7) is 2.77. The average Bonchev–Trinajstić information content (AvgIpc) is 2.25. The second kappa shape index (κ2) is 5.68.